The topological polar surface area (TPSA) is 50.8 Å². The van der Waals surface area contributed by atoms with Gasteiger partial charge in [-0.2, -0.15) is 0 Å². The maximum absolute atomic E-state index is 12.5. The predicted molar refractivity (Wildman–Crippen MR) is 105 cm³/mol. The van der Waals surface area contributed by atoms with Crippen LogP contribution in [0.5, 0.6) is 11.5 Å². The molecule has 0 aromatic heterocycles. The van der Waals surface area contributed by atoms with Crippen LogP contribution in [0, 0.1) is 5.41 Å². The highest BCUT2D eigenvalue weighted by Crippen LogP contribution is 2.37. The number of hydrogen-bond donors (Lipinski definition) is 1. The van der Waals surface area contributed by atoms with E-state index < -0.39 is 0 Å². The van der Waals surface area contributed by atoms with Crippen LogP contribution in [-0.4, -0.2) is 50.7 Å². The standard InChI is InChI=1S/C20H28N2O3.ClH/c1-3-4-16-5-6-17(18(13-16)24-2)25-14-19(23)22-11-8-20(9-12-22)7-10-21-15-20;/h3,5-6,13,21H,1,4,7-12,14-15H2,2H3;1H. The van der Waals surface area contributed by atoms with Gasteiger partial charge in [-0.3, -0.25) is 4.79 Å². The highest BCUT2D eigenvalue weighted by atomic mass is 35.5. The van der Waals surface area contributed by atoms with Gasteiger partial charge in [0.25, 0.3) is 5.91 Å². The number of allylic oxidation sites excluding steroid dienone is 1. The van der Waals surface area contributed by atoms with Crippen molar-refractivity contribution in [1.29, 1.82) is 0 Å². The second kappa shape index (κ2) is 9.28. The minimum atomic E-state index is 0. The van der Waals surface area contributed by atoms with E-state index >= 15 is 0 Å². The van der Waals surface area contributed by atoms with E-state index in [-0.39, 0.29) is 24.9 Å². The third-order valence-corrected chi connectivity index (χ3v) is 5.47. The molecule has 0 radical (unpaired) electrons. The van der Waals surface area contributed by atoms with Crippen molar-refractivity contribution in [1.82, 2.24) is 10.2 Å². The fraction of sp³-hybridized carbons (Fsp3) is 0.550. The van der Waals surface area contributed by atoms with E-state index in [0.717, 1.165) is 51.0 Å². The van der Waals surface area contributed by atoms with Crippen LogP contribution in [0.3, 0.4) is 0 Å². The lowest BCUT2D eigenvalue weighted by atomic mass is 9.78. The van der Waals surface area contributed by atoms with Gasteiger partial charge < -0.3 is 19.7 Å². The molecule has 1 aromatic carbocycles. The molecule has 1 N–H and O–H groups in total. The third-order valence-electron chi connectivity index (χ3n) is 5.47. The number of halogens is 1. The van der Waals surface area contributed by atoms with Gasteiger partial charge >= 0.3 is 0 Å². The van der Waals surface area contributed by atoms with Crippen molar-refractivity contribution in [3.05, 3.63) is 36.4 Å². The van der Waals surface area contributed by atoms with Gasteiger partial charge in [-0.05, 0) is 55.3 Å². The number of carbonyl (C=O) groups excluding carboxylic acids is 1. The first kappa shape index (κ1) is 20.6. The molecular formula is C20H29ClN2O3. The molecule has 1 amide bonds. The monoisotopic (exact) mass is 380 g/mol. The third kappa shape index (κ3) is 4.71. The number of nitrogens with one attached hydrogen (secondary N) is 1. The predicted octanol–water partition coefficient (Wildman–Crippen LogP) is 2.83. The van der Waals surface area contributed by atoms with Crippen LogP contribution in [0.25, 0.3) is 0 Å². The molecule has 2 fully saturated rings. The summed E-state index contributed by atoms with van der Waals surface area (Å²) in [5.74, 6) is 1.32. The Morgan fingerprint density at radius 1 is 1.31 bits per heavy atom. The Morgan fingerprint density at radius 3 is 2.69 bits per heavy atom. The normalized spacial score (nSPS) is 18.3. The summed E-state index contributed by atoms with van der Waals surface area (Å²) in [6.45, 7) is 7.68. The highest BCUT2D eigenvalue weighted by Gasteiger charge is 2.38. The molecule has 5 nitrogen and oxygen atoms in total. The first-order chi connectivity index (χ1) is 12.2. The Bertz CT molecular complexity index is 619. The molecule has 3 rings (SSSR count). The minimum Gasteiger partial charge on any atom is -0.493 e. The molecule has 2 saturated heterocycles. The summed E-state index contributed by atoms with van der Waals surface area (Å²) in [7, 11) is 1.61. The maximum Gasteiger partial charge on any atom is 0.260 e. The van der Waals surface area contributed by atoms with Gasteiger partial charge in [0, 0.05) is 19.6 Å². The number of rotatable bonds is 6. The summed E-state index contributed by atoms with van der Waals surface area (Å²) in [5, 5.41) is 3.45. The lowest BCUT2D eigenvalue weighted by Crippen LogP contribution is -2.45. The van der Waals surface area contributed by atoms with Crippen LogP contribution < -0.4 is 14.8 Å². The second-order valence-electron chi connectivity index (χ2n) is 7.07. The molecule has 2 heterocycles. The average molecular weight is 381 g/mol. The largest absolute Gasteiger partial charge is 0.493 e. The van der Waals surface area contributed by atoms with Gasteiger partial charge in [0.1, 0.15) is 0 Å². The molecule has 2 aliphatic heterocycles. The number of nitrogens with zero attached hydrogens (tertiary/aromatic N) is 1. The SMILES string of the molecule is C=CCc1ccc(OCC(=O)N2CCC3(CCNC3)CC2)c(OC)c1.Cl. The average Bonchev–Trinajstić information content (AvgIpc) is 3.09. The summed E-state index contributed by atoms with van der Waals surface area (Å²) in [4.78, 5) is 14.4. The number of hydrogen-bond acceptors (Lipinski definition) is 4. The molecule has 0 bridgehead atoms. The van der Waals surface area contributed by atoms with Crippen LogP contribution in [0.2, 0.25) is 0 Å². The van der Waals surface area contributed by atoms with Crippen LogP contribution in [0.1, 0.15) is 24.8 Å². The summed E-state index contributed by atoms with van der Waals surface area (Å²) in [5.41, 5.74) is 1.53. The van der Waals surface area contributed by atoms with Gasteiger partial charge in [0.15, 0.2) is 18.1 Å². The molecule has 26 heavy (non-hydrogen) atoms. The lowest BCUT2D eigenvalue weighted by molar-refractivity contribution is -0.135. The Balaban J connectivity index is 0.00000243. The van der Waals surface area contributed by atoms with Crippen molar-refractivity contribution in [3.8, 4) is 11.5 Å². The first-order valence-electron chi connectivity index (χ1n) is 9.05. The molecule has 144 valence electrons. The number of ether oxygens (including phenoxy) is 2. The molecule has 2 aliphatic rings. The minimum absolute atomic E-state index is 0. The van der Waals surface area contributed by atoms with Crippen LogP contribution in [0.15, 0.2) is 30.9 Å². The van der Waals surface area contributed by atoms with Crippen molar-refractivity contribution in [2.24, 2.45) is 5.41 Å². The van der Waals surface area contributed by atoms with E-state index in [1.165, 1.54) is 6.42 Å². The Hall–Kier alpha value is -1.72. The van der Waals surface area contributed by atoms with E-state index in [9.17, 15) is 4.79 Å². The molecule has 0 saturated carbocycles. The fourth-order valence-electron chi connectivity index (χ4n) is 3.81. The number of benzene rings is 1. The van der Waals surface area contributed by atoms with Gasteiger partial charge in [0.2, 0.25) is 0 Å². The first-order valence-corrected chi connectivity index (χ1v) is 9.05. The molecule has 0 aliphatic carbocycles. The van der Waals surface area contributed by atoms with E-state index in [1.54, 1.807) is 7.11 Å². The zero-order valence-electron chi connectivity index (χ0n) is 15.5. The van der Waals surface area contributed by atoms with Crippen LogP contribution >= 0.6 is 12.4 Å². The quantitative estimate of drug-likeness (QED) is 0.771. The van der Waals surface area contributed by atoms with Crippen molar-refractivity contribution in [2.45, 2.75) is 25.7 Å². The molecule has 6 heteroatoms. The summed E-state index contributed by atoms with van der Waals surface area (Å²) in [6.07, 6.45) is 6.04. The van der Waals surface area contributed by atoms with Crippen molar-refractivity contribution >= 4 is 18.3 Å². The van der Waals surface area contributed by atoms with Crippen molar-refractivity contribution in [2.75, 3.05) is 39.9 Å². The molecule has 1 aromatic rings. The van der Waals surface area contributed by atoms with Gasteiger partial charge in [0.05, 0.1) is 7.11 Å². The lowest BCUT2D eigenvalue weighted by Gasteiger charge is -2.38. The van der Waals surface area contributed by atoms with Gasteiger partial charge in [-0.25, -0.2) is 0 Å². The molecule has 0 unspecified atom stereocenters. The molecule has 0 atom stereocenters. The van der Waals surface area contributed by atoms with Crippen LogP contribution in [-0.2, 0) is 11.2 Å². The zero-order chi connectivity index (χ0) is 17.7. The summed E-state index contributed by atoms with van der Waals surface area (Å²) in [6, 6.07) is 5.77. The number of methoxy groups -OCH3 is 1. The van der Waals surface area contributed by atoms with Gasteiger partial charge in [-0.15, -0.1) is 19.0 Å². The van der Waals surface area contributed by atoms with E-state index in [0.29, 0.717) is 16.9 Å². The number of piperidine rings is 1. The van der Waals surface area contributed by atoms with E-state index in [2.05, 4.69) is 11.9 Å². The Kier molecular flexibility index (Phi) is 7.35. The van der Waals surface area contributed by atoms with Crippen molar-refractivity contribution in [3.63, 3.8) is 0 Å². The number of carbonyl (C=O) groups is 1. The fourth-order valence-corrected chi connectivity index (χ4v) is 3.81. The molecule has 1 spiro atoms. The Labute approximate surface area is 162 Å². The van der Waals surface area contributed by atoms with E-state index in [4.69, 9.17) is 9.47 Å². The highest BCUT2D eigenvalue weighted by molar-refractivity contribution is 5.85. The smallest absolute Gasteiger partial charge is 0.260 e. The number of amides is 1. The second-order valence-corrected chi connectivity index (χ2v) is 7.07. The van der Waals surface area contributed by atoms with Crippen molar-refractivity contribution < 1.29 is 14.3 Å². The summed E-state index contributed by atoms with van der Waals surface area (Å²) >= 11 is 0. The van der Waals surface area contributed by atoms with Crippen LogP contribution in [0.4, 0.5) is 0 Å². The summed E-state index contributed by atoms with van der Waals surface area (Å²) < 4.78 is 11.1. The van der Waals surface area contributed by atoms with E-state index in [1.807, 2.05) is 29.2 Å². The number of likely N-dealkylation sites (tertiary alicyclic amines) is 1. The molecular weight excluding hydrogens is 352 g/mol. The van der Waals surface area contributed by atoms with Gasteiger partial charge in [-0.1, -0.05) is 12.1 Å². The zero-order valence-corrected chi connectivity index (χ0v) is 16.3. The Morgan fingerprint density at radius 2 is 2.08 bits per heavy atom. The maximum atomic E-state index is 12.5.